The molecule has 0 spiro atoms. The predicted molar refractivity (Wildman–Crippen MR) is 90.5 cm³/mol. The molecule has 19 heavy (non-hydrogen) atoms. The Labute approximate surface area is 136 Å². The number of nitrogens with one attached hydrogen (secondary N) is 2. The maximum atomic E-state index is 5.74. The zero-order valence-corrected chi connectivity index (χ0v) is 14.1. The van der Waals surface area contributed by atoms with E-state index in [2.05, 4.69) is 20.6 Å². The van der Waals surface area contributed by atoms with Crippen molar-refractivity contribution < 1.29 is 0 Å². The molecule has 0 saturated heterocycles. The first-order chi connectivity index (χ1) is 8.78. The summed E-state index contributed by atoms with van der Waals surface area (Å²) < 4.78 is 0. The minimum atomic E-state index is 0. The third-order valence-electron chi connectivity index (χ3n) is 2.97. The molecule has 0 aliphatic heterocycles. The van der Waals surface area contributed by atoms with Crippen molar-refractivity contribution in [3.8, 4) is 0 Å². The maximum Gasteiger partial charge on any atom is 0.190 e. The van der Waals surface area contributed by atoms with Gasteiger partial charge in [0.1, 0.15) is 5.15 Å². The zero-order valence-electron chi connectivity index (χ0n) is 11.0. The number of guanidine groups is 1. The zero-order chi connectivity index (χ0) is 12.8. The molecule has 1 fully saturated rings. The Balaban J connectivity index is 0.00000180. The van der Waals surface area contributed by atoms with Crippen LogP contribution in [0.2, 0.25) is 5.15 Å². The van der Waals surface area contributed by atoms with Crippen molar-refractivity contribution in [3.05, 3.63) is 29.0 Å². The van der Waals surface area contributed by atoms with Crippen LogP contribution >= 0.6 is 35.6 Å². The van der Waals surface area contributed by atoms with Gasteiger partial charge in [0, 0.05) is 26.3 Å². The summed E-state index contributed by atoms with van der Waals surface area (Å²) in [6.07, 6.45) is 5.42. The van der Waals surface area contributed by atoms with Gasteiger partial charge in [0.25, 0.3) is 0 Å². The first-order valence-corrected chi connectivity index (χ1v) is 6.70. The molecule has 2 N–H and O–H groups in total. The van der Waals surface area contributed by atoms with Crippen LogP contribution < -0.4 is 10.6 Å². The molecule has 1 aliphatic rings. The Morgan fingerprint density at radius 1 is 1.42 bits per heavy atom. The van der Waals surface area contributed by atoms with E-state index in [0.717, 1.165) is 31.4 Å². The SMILES string of the molecule is CN=C(NCCc1ccc(Cl)nc1)NCC1CC1.I. The number of aromatic nitrogens is 1. The number of rotatable bonds is 5. The molecule has 0 amide bonds. The lowest BCUT2D eigenvalue weighted by Gasteiger charge is -2.11. The topological polar surface area (TPSA) is 49.3 Å². The molecular formula is C13H20ClIN4. The van der Waals surface area contributed by atoms with Crippen molar-refractivity contribution in [2.75, 3.05) is 20.1 Å². The molecule has 0 unspecified atom stereocenters. The van der Waals surface area contributed by atoms with E-state index >= 15 is 0 Å². The van der Waals surface area contributed by atoms with Crippen LogP contribution in [0.5, 0.6) is 0 Å². The number of pyridine rings is 1. The summed E-state index contributed by atoms with van der Waals surface area (Å²) in [6.45, 7) is 1.87. The van der Waals surface area contributed by atoms with Gasteiger partial charge in [0.2, 0.25) is 0 Å². The van der Waals surface area contributed by atoms with Crippen molar-refractivity contribution in [1.29, 1.82) is 0 Å². The Hall–Kier alpha value is -0.560. The molecule has 106 valence electrons. The van der Waals surface area contributed by atoms with Gasteiger partial charge >= 0.3 is 0 Å². The summed E-state index contributed by atoms with van der Waals surface area (Å²) in [5.74, 6) is 1.73. The molecule has 0 aromatic carbocycles. The van der Waals surface area contributed by atoms with Crippen LogP contribution in [0.25, 0.3) is 0 Å². The van der Waals surface area contributed by atoms with E-state index in [1.165, 1.54) is 18.4 Å². The predicted octanol–water partition coefficient (Wildman–Crippen LogP) is 2.47. The van der Waals surface area contributed by atoms with Gasteiger partial charge in [0.05, 0.1) is 0 Å². The number of halogens is 2. The van der Waals surface area contributed by atoms with Crippen molar-refractivity contribution in [3.63, 3.8) is 0 Å². The third kappa shape index (κ3) is 6.42. The number of hydrogen-bond donors (Lipinski definition) is 2. The normalized spacial score (nSPS) is 14.7. The van der Waals surface area contributed by atoms with Gasteiger partial charge in [-0.3, -0.25) is 4.99 Å². The Bertz CT molecular complexity index is 404. The van der Waals surface area contributed by atoms with Gasteiger partial charge < -0.3 is 10.6 Å². The molecular weight excluding hydrogens is 375 g/mol. The monoisotopic (exact) mass is 394 g/mol. The van der Waals surface area contributed by atoms with E-state index in [1.807, 2.05) is 18.3 Å². The molecule has 2 rings (SSSR count). The Morgan fingerprint density at radius 3 is 2.79 bits per heavy atom. The molecule has 6 heteroatoms. The van der Waals surface area contributed by atoms with Crippen LogP contribution in [0, 0.1) is 5.92 Å². The lowest BCUT2D eigenvalue weighted by molar-refractivity contribution is 0.734. The second-order valence-electron chi connectivity index (χ2n) is 4.56. The number of nitrogens with zero attached hydrogens (tertiary/aromatic N) is 2. The van der Waals surface area contributed by atoms with Gasteiger partial charge in [-0.15, -0.1) is 24.0 Å². The molecule has 0 radical (unpaired) electrons. The van der Waals surface area contributed by atoms with Crippen LogP contribution in [-0.2, 0) is 6.42 Å². The van der Waals surface area contributed by atoms with Crippen molar-refractivity contribution in [2.24, 2.45) is 10.9 Å². The third-order valence-corrected chi connectivity index (χ3v) is 3.20. The molecule has 1 aromatic heterocycles. The average Bonchev–Trinajstić information content (AvgIpc) is 3.20. The van der Waals surface area contributed by atoms with Gasteiger partial charge in [0.15, 0.2) is 5.96 Å². The molecule has 1 aliphatic carbocycles. The van der Waals surface area contributed by atoms with E-state index in [-0.39, 0.29) is 24.0 Å². The van der Waals surface area contributed by atoms with E-state index < -0.39 is 0 Å². The smallest absolute Gasteiger partial charge is 0.190 e. The second-order valence-corrected chi connectivity index (χ2v) is 4.95. The molecule has 0 bridgehead atoms. The number of aliphatic imine (C=N–C) groups is 1. The van der Waals surface area contributed by atoms with E-state index in [4.69, 9.17) is 11.6 Å². The van der Waals surface area contributed by atoms with Gasteiger partial charge in [-0.25, -0.2) is 4.98 Å². The summed E-state index contributed by atoms with van der Waals surface area (Å²) in [5.41, 5.74) is 1.17. The van der Waals surface area contributed by atoms with Gasteiger partial charge in [-0.05, 0) is 36.8 Å². The summed E-state index contributed by atoms with van der Waals surface area (Å²) >= 11 is 5.74. The lowest BCUT2D eigenvalue weighted by Crippen LogP contribution is -2.39. The van der Waals surface area contributed by atoms with Gasteiger partial charge in [-0.2, -0.15) is 0 Å². The first-order valence-electron chi connectivity index (χ1n) is 6.33. The van der Waals surface area contributed by atoms with E-state index in [9.17, 15) is 0 Å². The minimum absolute atomic E-state index is 0. The molecule has 0 atom stereocenters. The fraction of sp³-hybridized carbons (Fsp3) is 0.538. The second kappa shape index (κ2) is 8.58. The molecule has 1 saturated carbocycles. The van der Waals surface area contributed by atoms with Crippen LogP contribution in [0.4, 0.5) is 0 Å². The summed E-state index contributed by atoms with van der Waals surface area (Å²) in [6, 6.07) is 3.81. The Morgan fingerprint density at radius 2 is 2.21 bits per heavy atom. The summed E-state index contributed by atoms with van der Waals surface area (Å²) in [4.78, 5) is 8.25. The lowest BCUT2D eigenvalue weighted by atomic mass is 10.2. The Kier molecular flexibility index (Phi) is 7.45. The molecule has 1 aromatic rings. The largest absolute Gasteiger partial charge is 0.356 e. The minimum Gasteiger partial charge on any atom is -0.356 e. The highest BCUT2D eigenvalue weighted by atomic mass is 127. The fourth-order valence-corrected chi connectivity index (χ4v) is 1.77. The highest BCUT2D eigenvalue weighted by molar-refractivity contribution is 14.0. The highest BCUT2D eigenvalue weighted by Crippen LogP contribution is 2.27. The van der Waals surface area contributed by atoms with Crippen molar-refractivity contribution >= 4 is 41.5 Å². The van der Waals surface area contributed by atoms with Crippen molar-refractivity contribution in [1.82, 2.24) is 15.6 Å². The summed E-state index contributed by atoms with van der Waals surface area (Å²) in [7, 11) is 1.80. The first kappa shape index (κ1) is 16.5. The van der Waals surface area contributed by atoms with Gasteiger partial charge in [-0.1, -0.05) is 17.7 Å². The van der Waals surface area contributed by atoms with E-state index in [0.29, 0.717) is 5.15 Å². The fourth-order valence-electron chi connectivity index (χ4n) is 1.66. The maximum absolute atomic E-state index is 5.74. The van der Waals surface area contributed by atoms with Crippen LogP contribution in [0.15, 0.2) is 23.3 Å². The van der Waals surface area contributed by atoms with E-state index in [1.54, 1.807) is 7.05 Å². The molecule has 4 nitrogen and oxygen atoms in total. The number of hydrogen-bond acceptors (Lipinski definition) is 2. The summed E-state index contributed by atoms with van der Waals surface area (Å²) in [5, 5.41) is 7.16. The van der Waals surface area contributed by atoms with Crippen LogP contribution in [-0.4, -0.2) is 31.1 Å². The average molecular weight is 395 g/mol. The van der Waals surface area contributed by atoms with Crippen LogP contribution in [0.3, 0.4) is 0 Å². The highest BCUT2D eigenvalue weighted by Gasteiger charge is 2.20. The van der Waals surface area contributed by atoms with Crippen molar-refractivity contribution in [2.45, 2.75) is 19.3 Å². The quantitative estimate of drug-likeness (QED) is 0.349. The van der Waals surface area contributed by atoms with Crippen LogP contribution in [0.1, 0.15) is 18.4 Å². The standard InChI is InChI=1S/C13H19ClN4.HI/c1-15-13(18-9-10-2-3-10)16-7-6-11-4-5-12(14)17-8-11;/h4-5,8,10H,2-3,6-7,9H2,1H3,(H2,15,16,18);1H. The molecule has 1 heterocycles.